The van der Waals surface area contributed by atoms with Crippen molar-refractivity contribution in [3.8, 4) is 5.75 Å². The zero-order chi connectivity index (χ0) is 10.7. The summed E-state index contributed by atoms with van der Waals surface area (Å²) >= 11 is 0. The molecule has 76 valence electrons. The summed E-state index contributed by atoms with van der Waals surface area (Å²) in [4.78, 5) is 10.3. The number of methoxy groups -OCH3 is 1. The minimum absolute atomic E-state index is 0.0411. The number of nitrogens with zero attached hydrogens (tertiary/aromatic N) is 1. The Morgan fingerprint density at radius 2 is 2.21 bits per heavy atom. The highest BCUT2D eigenvalue weighted by atomic mass is 16.6. The molecular weight excluding hydrogens is 184 g/mol. The Bertz CT molecular complexity index is 338. The Morgan fingerprint density at radius 1 is 1.57 bits per heavy atom. The highest BCUT2D eigenvalue weighted by Gasteiger charge is 2.20. The first-order valence-electron chi connectivity index (χ1n) is 4.12. The lowest BCUT2D eigenvalue weighted by molar-refractivity contribution is -0.386. The van der Waals surface area contributed by atoms with Crippen LogP contribution < -0.4 is 10.5 Å². The van der Waals surface area contributed by atoms with Crippen LogP contribution in [0.3, 0.4) is 0 Å². The minimum atomic E-state index is -0.472. The Balaban J connectivity index is 3.40. The van der Waals surface area contributed by atoms with Gasteiger partial charge >= 0.3 is 5.69 Å². The van der Waals surface area contributed by atoms with Crippen molar-refractivity contribution >= 4 is 5.69 Å². The quantitative estimate of drug-likeness (QED) is 0.585. The highest BCUT2D eigenvalue weighted by molar-refractivity contribution is 5.54. The number of hydrogen-bond donors (Lipinski definition) is 1. The summed E-state index contributed by atoms with van der Waals surface area (Å²) in [6, 6.07) is 3.32. The van der Waals surface area contributed by atoms with Gasteiger partial charge in [0.15, 0.2) is 5.75 Å². The molecule has 0 aliphatic carbocycles. The Labute approximate surface area is 81.6 Å². The molecule has 0 aliphatic heterocycles. The average molecular weight is 196 g/mol. The molecule has 0 atom stereocenters. The smallest absolute Gasteiger partial charge is 0.315 e. The van der Waals surface area contributed by atoms with Gasteiger partial charge in [0, 0.05) is 12.1 Å². The van der Waals surface area contributed by atoms with Crippen LogP contribution in [0.25, 0.3) is 0 Å². The molecule has 0 radical (unpaired) electrons. The lowest BCUT2D eigenvalue weighted by Gasteiger charge is -2.06. The van der Waals surface area contributed by atoms with Gasteiger partial charge in [-0.3, -0.25) is 10.1 Å². The maximum absolute atomic E-state index is 10.7. The van der Waals surface area contributed by atoms with Crippen molar-refractivity contribution < 1.29 is 9.66 Å². The fraction of sp³-hybridized carbons (Fsp3) is 0.333. The minimum Gasteiger partial charge on any atom is -0.490 e. The summed E-state index contributed by atoms with van der Waals surface area (Å²) in [5.74, 6) is 0.260. The molecule has 0 heterocycles. The molecule has 1 aromatic rings. The largest absolute Gasteiger partial charge is 0.490 e. The van der Waals surface area contributed by atoms with Crippen LogP contribution in [0.4, 0.5) is 5.69 Å². The third-order valence-corrected chi connectivity index (χ3v) is 1.92. The molecule has 0 unspecified atom stereocenters. The van der Waals surface area contributed by atoms with Crippen LogP contribution in [-0.4, -0.2) is 12.0 Å². The van der Waals surface area contributed by atoms with Crippen molar-refractivity contribution in [2.24, 2.45) is 5.73 Å². The van der Waals surface area contributed by atoms with Crippen molar-refractivity contribution in [3.05, 3.63) is 33.4 Å². The maximum Gasteiger partial charge on any atom is 0.315 e. The maximum atomic E-state index is 10.7. The number of rotatable bonds is 3. The molecule has 1 rings (SSSR count). The van der Waals surface area contributed by atoms with E-state index >= 15 is 0 Å². The van der Waals surface area contributed by atoms with Crippen LogP contribution in [0.5, 0.6) is 5.75 Å². The molecule has 2 N–H and O–H groups in total. The van der Waals surface area contributed by atoms with Gasteiger partial charge in [0.2, 0.25) is 0 Å². The highest BCUT2D eigenvalue weighted by Crippen LogP contribution is 2.31. The predicted octanol–water partition coefficient (Wildman–Crippen LogP) is 1.37. The number of ether oxygens (including phenoxy) is 1. The molecule has 0 amide bonds. The molecule has 0 fully saturated rings. The molecule has 1 aromatic carbocycles. The number of nitro benzene ring substituents is 1. The second-order valence-corrected chi connectivity index (χ2v) is 2.94. The van der Waals surface area contributed by atoms with E-state index in [2.05, 4.69) is 0 Å². The molecule has 0 aliphatic rings. The lowest BCUT2D eigenvalue weighted by Crippen LogP contribution is -2.04. The SMILES string of the molecule is COc1cc(C)cc(CN)c1[N+](=O)[O-]. The Kier molecular flexibility index (Phi) is 3.03. The zero-order valence-electron chi connectivity index (χ0n) is 8.11. The van der Waals surface area contributed by atoms with Crippen molar-refractivity contribution in [1.82, 2.24) is 0 Å². The number of nitro groups is 1. The first-order chi connectivity index (χ1) is 6.60. The van der Waals surface area contributed by atoms with Gasteiger partial charge in [-0.2, -0.15) is 0 Å². The molecular formula is C9H12N2O3. The van der Waals surface area contributed by atoms with E-state index in [1.807, 2.05) is 6.92 Å². The van der Waals surface area contributed by atoms with E-state index in [0.29, 0.717) is 5.56 Å². The molecule has 0 saturated carbocycles. The summed E-state index contributed by atoms with van der Waals surface area (Å²) in [6.45, 7) is 1.97. The first kappa shape index (κ1) is 10.5. The number of hydrogen-bond acceptors (Lipinski definition) is 4. The van der Waals surface area contributed by atoms with E-state index in [0.717, 1.165) is 5.56 Å². The van der Waals surface area contributed by atoms with E-state index in [9.17, 15) is 10.1 Å². The Morgan fingerprint density at radius 3 is 2.64 bits per heavy atom. The number of aryl methyl sites for hydroxylation is 1. The fourth-order valence-electron chi connectivity index (χ4n) is 1.34. The van der Waals surface area contributed by atoms with E-state index in [1.165, 1.54) is 7.11 Å². The predicted molar refractivity (Wildman–Crippen MR) is 52.3 cm³/mol. The van der Waals surface area contributed by atoms with E-state index in [-0.39, 0.29) is 18.0 Å². The third kappa shape index (κ3) is 1.82. The zero-order valence-corrected chi connectivity index (χ0v) is 8.11. The average Bonchev–Trinajstić information content (AvgIpc) is 2.15. The molecule has 0 bridgehead atoms. The summed E-state index contributed by atoms with van der Waals surface area (Å²) in [5.41, 5.74) is 6.77. The van der Waals surface area contributed by atoms with E-state index in [4.69, 9.17) is 10.5 Å². The van der Waals surface area contributed by atoms with Gasteiger partial charge in [0.25, 0.3) is 0 Å². The fourth-order valence-corrected chi connectivity index (χ4v) is 1.34. The molecule has 5 heteroatoms. The van der Waals surface area contributed by atoms with Crippen LogP contribution in [-0.2, 0) is 6.54 Å². The molecule has 14 heavy (non-hydrogen) atoms. The topological polar surface area (TPSA) is 78.4 Å². The standard InChI is InChI=1S/C9H12N2O3/c1-6-3-7(5-10)9(11(12)13)8(4-6)14-2/h3-4H,5,10H2,1-2H3. The van der Waals surface area contributed by atoms with E-state index in [1.54, 1.807) is 12.1 Å². The summed E-state index contributed by atoms with van der Waals surface area (Å²) in [7, 11) is 1.40. The van der Waals surface area contributed by atoms with Crippen molar-refractivity contribution in [3.63, 3.8) is 0 Å². The molecule has 0 spiro atoms. The summed E-state index contributed by atoms with van der Waals surface area (Å²) < 4.78 is 4.93. The third-order valence-electron chi connectivity index (χ3n) is 1.92. The van der Waals surface area contributed by atoms with Crippen LogP contribution >= 0.6 is 0 Å². The van der Waals surface area contributed by atoms with Gasteiger partial charge in [-0.15, -0.1) is 0 Å². The van der Waals surface area contributed by atoms with Crippen LogP contribution in [0.2, 0.25) is 0 Å². The molecule has 0 saturated heterocycles. The monoisotopic (exact) mass is 196 g/mol. The van der Waals surface area contributed by atoms with Gasteiger partial charge in [-0.25, -0.2) is 0 Å². The van der Waals surface area contributed by atoms with Crippen molar-refractivity contribution in [2.45, 2.75) is 13.5 Å². The Hall–Kier alpha value is -1.62. The van der Waals surface area contributed by atoms with Crippen LogP contribution in [0.15, 0.2) is 12.1 Å². The lowest BCUT2D eigenvalue weighted by atomic mass is 10.1. The normalized spacial score (nSPS) is 9.93. The van der Waals surface area contributed by atoms with Crippen molar-refractivity contribution in [1.29, 1.82) is 0 Å². The second kappa shape index (κ2) is 4.06. The number of benzene rings is 1. The van der Waals surface area contributed by atoms with Crippen LogP contribution in [0.1, 0.15) is 11.1 Å². The molecule has 5 nitrogen and oxygen atoms in total. The van der Waals surface area contributed by atoms with Gasteiger partial charge in [-0.05, 0) is 24.6 Å². The number of nitrogens with two attached hydrogens (primary N) is 1. The summed E-state index contributed by atoms with van der Waals surface area (Å²) in [6.07, 6.45) is 0. The first-order valence-corrected chi connectivity index (χ1v) is 4.12. The summed E-state index contributed by atoms with van der Waals surface area (Å²) in [5, 5.41) is 10.7. The molecule has 0 aromatic heterocycles. The van der Waals surface area contributed by atoms with Crippen molar-refractivity contribution in [2.75, 3.05) is 7.11 Å². The van der Waals surface area contributed by atoms with Gasteiger partial charge in [-0.1, -0.05) is 0 Å². The second-order valence-electron chi connectivity index (χ2n) is 2.94. The van der Waals surface area contributed by atoms with Gasteiger partial charge in [0.1, 0.15) is 0 Å². The van der Waals surface area contributed by atoms with Gasteiger partial charge < -0.3 is 10.5 Å². The van der Waals surface area contributed by atoms with Gasteiger partial charge in [0.05, 0.1) is 12.0 Å². The van der Waals surface area contributed by atoms with E-state index < -0.39 is 4.92 Å². The van der Waals surface area contributed by atoms with Crippen LogP contribution in [0, 0.1) is 17.0 Å².